The number of rotatable bonds is 7. The van der Waals surface area contributed by atoms with Gasteiger partial charge in [0.05, 0.1) is 6.21 Å². The van der Waals surface area contributed by atoms with E-state index in [0.717, 1.165) is 18.4 Å². The van der Waals surface area contributed by atoms with Gasteiger partial charge in [-0.2, -0.15) is 5.10 Å². The predicted molar refractivity (Wildman–Crippen MR) is 75.7 cm³/mol. The zero-order valence-corrected chi connectivity index (χ0v) is 11.3. The molecule has 0 heterocycles. The number of benzene rings is 1. The molecule has 0 aliphatic carbocycles. The number of hydrazone groups is 1. The van der Waals surface area contributed by atoms with Gasteiger partial charge in [-0.05, 0) is 18.9 Å². The third-order valence-corrected chi connectivity index (χ3v) is 2.74. The largest absolute Gasteiger partial charge is 0.273 e. The van der Waals surface area contributed by atoms with Crippen LogP contribution in [-0.2, 0) is 4.79 Å². The van der Waals surface area contributed by atoms with E-state index in [9.17, 15) is 4.79 Å². The highest BCUT2D eigenvalue weighted by Crippen LogP contribution is 2.02. The van der Waals surface area contributed by atoms with Gasteiger partial charge in [0, 0.05) is 6.42 Å². The average Bonchev–Trinajstić information content (AvgIpc) is 2.37. The molecule has 1 amide bonds. The summed E-state index contributed by atoms with van der Waals surface area (Å²) >= 11 is 0. The molecule has 0 radical (unpaired) electrons. The van der Waals surface area contributed by atoms with Crippen molar-refractivity contribution in [2.75, 3.05) is 0 Å². The van der Waals surface area contributed by atoms with Crippen molar-refractivity contribution in [3.8, 4) is 0 Å². The highest BCUT2D eigenvalue weighted by atomic mass is 16.2. The number of nitrogens with zero attached hydrogens (tertiary/aromatic N) is 1. The summed E-state index contributed by atoms with van der Waals surface area (Å²) in [5.41, 5.74) is 4.76. The Kier molecular flexibility index (Phi) is 6.77. The van der Waals surface area contributed by atoms with Crippen LogP contribution in [0.25, 0.3) is 0 Å². The first-order chi connectivity index (χ1) is 8.72. The van der Waals surface area contributed by atoms with Crippen LogP contribution in [0.1, 0.15) is 50.2 Å². The molecule has 1 N–H and O–H groups in total. The molecule has 0 aromatic heterocycles. The van der Waals surface area contributed by atoms with Gasteiger partial charge >= 0.3 is 0 Å². The summed E-state index contributed by atoms with van der Waals surface area (Å²) in [4.78, 5) is 11.4. The van der Waals surface area contributed by atoms with Gasteiger partial charge in [-0.1, -0.05) is 56.0 Å². The van der Waals surface area contributed by atoms with Crippen LogP contribution in [0, 0.1) is 6.92 Å². The van der Waals surface area contributed by atoms with E-state index in [0.29, 0.717) is 6.42 Å². The first-order valence-corrected chi connectivity index (χ1v) is 6.61. The molecule has 0 aliphatic heterocycles. The second kappa shape index (κ2) is 8.45. The van der Waals surface area contributed by atoms with Crippen molar-refractivity contribution in [1.29, 1.82) is 0 Å². The summed E-state index contributed by atoms with van der Waals surface area (Å²) in [6, 6.07) is 8.00. The quantitative estimate of drug-likeness (QED) is 0.447. The summed E-state index contributed by atoms with van der Waals surface area (Å²) in [6.45, 7) is 4.20. The molecule has 0 aliphatic rings. The maximum absolute atomic E-state index is 11.4. The van der Waals surface area contributed by atoms with Crippen molar-refractivity contribution in [2.24, 2.45) is 5.10 Å². The first-order valence-electron chi connectivity index (χ1n) is 6.61. The Hall–Kier alpha value is -1.64. The minimum Gasteiger partial charge on any atom is -0.273 e. The van der Waals surface area contributed by atoms with Crippen LogP contribution in [0.15, 0.2) is 29.4 Å². The Balaban J connectivity index is 2.23. The smallest absolute Gasteiger partial charge is 0.240 e. The molecule has 0 bridgehead atoms. The van der Waals surface area contributed by atoms with Gasteiger partial charge in [0.25, 0.3) is 0 Å². The van der Waals surface area contributed by atoms with Crippen molar-refractivity contribution in [3.05, 3.63) is 35.4 Å². The number of carbonyl (C=O) groups excluding carboxylic acids is 1. The predicted octanol–water partition coefficient (Wildman–Crippen LogP) is 3.42. The SMILES string of the molecule is CCCCCCC(=O)NN=Cc1ccc(C)cc1. The number of unbranched alkanes of at least 4 members (excludes halogenated alkanes) is 3. The summed E-state index contributed by atoms with van der Waals surface area (Å²) in [7, 11) is 0. The normalized spacial score (nSPS) is 10.8. The third kappa shape index (κ3) is 6.18. The van der Waals surface area contributed by atoms with Crippen molar-refractivity contribution < 1.29 is 4.79 Å². The van der Waals surface area contributed by atoms with Gasteiger partial charge in [0.1, 0.15) is 0 Å². The van der Waals surface area contributed by atoms with Crippen LogP contribution in [0.4, 0.5) is 0 Å². The minimum atomic E-state index is -0.00513. The van der Waals surface area contributed by atoms with Crippen molar-refractivity contribution in [3.63, 3.8) is 0 Å². The summed E-state index contributed by atoms with van der Waals surface area (Å²) in [5, 5.41) is 3.95. The molecule has 1 aromatic carbocycles. The van der Waals surface area contributed by atoms with Crippen LogP contribution >= 0.6 is 0 Å². The van der Waals surface area contributed by atoms with E-state index in [1.807, 2.05) is 31.2 Å². The molecular formula is C15H22N2O. The Labute approximate surface area is 109 Å². The lowest BCUT2D eigenvalue weighted by atomic mass is 10.1. The highest BCUT2D eigenvalue weighted by molar-refractivity contribution is 5.82. The summed E-state index contributed by atoms with van der Waals surface area (Å²) < 4.78 is 0. The molecule has 0 atom stereocenters. The van der Waals surface area contributed by atoms with Crippen LogP contribution in [0.3, 0.4) is 0 Å². The van der Waals surface area contributed by atoms with Crippen LogP contribution in [-0.4, -0.2) is 12.1 Å². The van der Waals surface area contributed by atoms with Gasteiger partial charge in [-0.25, -0.2) is 5.43 Å². The maximum Gasteiger partial charge on any atom is 0.240 e. The fourth-order valence-electron chi connectivity index (χ4n) is 1.60. The van der Waals surface area contributed by atoms with Gasteiger partial charge in [-0.3, -0.25) is 4.79 Å². The molecular weight excluding hydrogens is 224 g/mol. The second-order valence-corrected chi connectivity index (χ2v) is 4.51. The fourth-order valence-corrected chi connectivity index (χ4v) is 1.60. The monoisotopic (exact) mass is 246 g/mol. The number of hydrogen-bond donors (Lipinski definition) is 1. The lowest BCUT2D eigenvalue weighted by molar-refractivity contribution is -0.121. The summed E-state index contributed by atoms with van der Waals surface area (Å²) in [6.07, 6.45) is 6.67. The van der Waals surface area contributed by atoms with E-state index < -0.39 is 0 Å². The molecule has 1 aromatic rings. The van der Waals surface area contributed by atoms with Gasteiger partial charge < -0.3 is 0 Å². The lowest BCUT2D eigenvalue weighted by Gasteiger charge is -1.99. The topological polar surface area (TPSA) is 41.5 Å². The van der Waals surface area contributed by atoms with Gasteiger partial charge in [0.15, 0.2) is 0 Å². The Bertz CT molecular complexity index is 382. The molecule has 18 heavy (non-hydrogen) atoms. The molecule has 3 nitrogen and oxygen atoms in total. The minimum absolute atomic E-state index is 0.00513. The van der Waals surface area contributed by atoms with Crippen LogP contribution in [0.5, 0.6) is 0 Å². The molecule has 3 heteroatoms. The number of hydrogen-bond acceptors (Lipinski definition) is 2. The van der Waals surface area contributed by atoms with Gasteiger partial charge in [-0.15, -0.1) is 0 Å². The second-order valence-electron chi connectivity index (χ2n) is 4.51. The van der Waals surface area contributed by atoms with Crippen molar-refractivity contribution >= 4 is 12.1 Å². The fraction of sp³-hybridized carbons (Fsp3) is 0.467. The Morgan fingerprint density at radius 3 is 2.61 bits per heavy atom. The number of amides is 1. The van der Waals surface area contributed by atoms with Crippen LogP contribution in [0.2, 0.25) is 0 Å². The van der Waals surface area contributed by atoms with Crippen LogP contribution < -0.4 is 5.43 Å². The van der Waals surface area contributed by atoms with E-state index in [2.05, 4.69) is 17.5 Å². The molecule has 1 rings (SSSR count). The zero-order valence-electron chi connectivity index (χ0n) is 11.3. The van der Waals surface area contributed by atoms with E-state index in [1.165, 1.54) is 18.4 Å². The van der Waals surface area contributed by atoms with Crippen molar-refractivity contribution in [2.45, 2.75) is 46.0 Å². The maximum atomic E-state index is 11.4. The molecule has 0 spiro atoms. The van der Waals surface area contributed by atoms with E-state index in [4.69, 9.17) is 0 Å². The Morgan fingerprint density at radius 1 is 1.22 bits per heavy atom. The number of nitrogens with one attached hydrogen (secondary N) is 1. The average molecular weight is 246 g/mol. The van der Waals surface area contributed by atoms with Crippen molar-refractivity contribution in [1.82, 2.24) is 5.43 Å². The lowest BCUT2D eigenvalue weighted by Crippen LogP contribution is -2.16. The Morgan fingerprint density at radius 2 is 1.94 bits per heavy atom. The zero-order chi connectivity index (χ0) is 13.2. The first kappa shape index (κ1) is 14.4. The van der Waals surface area contributed by atoms with E-state index in [-0.39, 0.29) is 5.91 Å². The van der Waals surface area contributed by atoms with E-state index >= 15 is 0 Å². The molecule has 0 saturated carbocycles. The standard InChI is InChI=1S/C15H22N2O/c1-3-4-5-6-7-15(18)17-16-12-14-10-8-13(2)9-11-14/h8-12H,3-7H2,1-2H3,(H,17,18). The molecule has 98 valence electrons. The number of carbonyl (C=O) groups is 1. The number of aryl methyl sites for hydroxylation is 1. The molecule has 0 saturated heterocycles. The molecule has 0 fully saturated rings. The van der Waals surface area contributed by atoms with Gasteiger partial charge in [0.2, 0.25) is 5.91 Å². The van der Waals surface area contributed by atoms with E-state index in [1.54, 1.807) is 6.21 Å². The third-order valence-electron chi connectivity index (χ3n) is 2.74. The highest BCUT2D eigenvalue weighted by Gasteiger charge is 1.98. The summed E-state index contributed by atoms with van der Waals surface area (Å²) in [5.74, 6) is -0.00513. The molecule has 0 unspecified atom stereocenters.